The van der Waals surface area contributed by atoms with E-state index < -0.39 is 0 Å². The first-order valence-electron chi connectivity index (χ1n) is 6.38. The highest BCUT2D eigenvalue weighted by molar-refractivity contribution is 6.00. The molecule has 1 aromatic carbocycles. The molecule has 0 saturated carbocycles. The average molecular weight is 248 g/mol. The number of carbonyl (C=O) groups is 1. The van der Waals surface area contributed by atoms with E-state index >= 15 is 0 Å². The Morgan fingerprint density at radius 3 is 3.00 bits per heavy atom. The highest BCUT2D eigenvalue weighted by Crippen LogP contribution is 2.26. The molecule has 3 N–H and O–H groups in total. The molecule has 2 rings (SSSR count). The fourth-order valence-corrected chi connectivity index (χ4v) is 2.49. The monoisotopic (exact) mass is 248 g/mol. The summed E-state index contributed by atoms with van der Waals surface area (Å²) in [6, 6.07) is 5.59. The number of rotatable bonds is 3. The third kappa shape index (κ3) is 2.64. The Morgan fingerprint density at radius 2 is 2.33 bits per heavy atom. The lowest BCUT2D eigenvalue weighted by atomic mass is 9.98. The SMILES string of the molecule is CC(=O)c1cc(N2CCCC(CO)C2)ccc1N. The number of nitrogens with two attached hydrogens (primary N) is 1. The molecule has 18 heavy (non-hydrogen) atoms. The van der Waals surface area contributed by atoms with Gasteiger partial charge in [-0.05, 0) is 43.9 Å². The Balaban J connectivity index is 2.22. The van der Waals surface area contributed by atoms with Crippen molar-refractivity contribution in [2.75, 3.05) is 30.3 Å². The van der Waals surface area contributed by atoms with Gasteiger partial charge in [-0.1, -0.05) is 0 Å². The van der Waals surface area contributed by atoms with Crippen LogP contribution in [0.4, 0.5) is 11.4 Å². The molecule has 4 nitrogen and oxygen atoms in total. The summed E-state index contributed by atoms with van der Waals surface area (Å²) in [5.74, 6) is 0.321. The lowest BCUT2D eigenvalue weighted by Crippen LogP contribution is -2.36. The summed E-state index contributed by atoms with van der Waals surface area (Å²) in [5.41, 5.74) is 7.93. The van der Waals surface area contributed by atoms with Gasteiger partial charge in [0.25, 0.3) is 0 Å². The van der Waals surface area contributed by atoms with Crippen LogP contribution in [0.1, 0.15) is 30.1 Å². The number of hydrogen-bond donors (Lipinski definition) is 2. The van der Waals surface area contributed by atoms with Gasteiger partial charge in [0, 0.05) is 36.6 Å². The van der Waals surface area contributed by atoms with Crippen LogP contribution in [0.25, 0.3) is 0 Å². The van der Waals surface area contributed by atoms with Crippen LogP contribution in [0.3, 0.4) is 0 Å². The number of aliphatic hydroxyl groups excluding tert-OH is 1. The maximum Gasteiger partial charge on any atom is 0.161 e. The molecule has 1 saturated heterocycles. The molecule has 1 aliphatic rings. The fourth-order valence-electron chi connectivity index (χ4n) is 2.49. The van der Waals surface area contributed by atoms with Gasteiger partial charge in [0.15, 0.2) is 5.78 Å². The van der Waals surface area contributed by atoms with E-state index in [1.54, 1.807) is 6.07 Å². The number of ketones is 1. The van der Waals surface area contributed by atoms with Gasteiger partial charge in [-0.2, -0.15) is 0 Å². The van der Waals surface area contributed by atoms with Gasteiger partial charge in [-0.15, -0.1) is 0 Å². The average Bonchev–Trinajstić information content (AvgIpc) is 2.39. The van der Waals surface area contributed by atoms with Crippen molar-refractivity contribution in [2.45, 2.75) is 19.8 Å². The van der Waals surface area contributed by atoms with E-state index in [4.69, 9.17) is 5.73 Å². The standard InChI is InChI=1S/C14H20N2O2/c1-10(18)13-7-12(4-5-14(13)15)16-6-2-3-11(8-16)9-17/h4-5,7,11,17H,2-3,6,8-9,15H2,1H3. The van der Waals surface area contributed by atoms with Crippen molar-refractivity contribution in [1.29, 1.82) is 0 Å². The minimum Gasteiger partial charge on any atom is -0.398 e. The number of Topliss-reactive ketones (excluding diaryl/α,β-unsaturated/α-hetero) is 1. The second-order valence-corrected chi connectivity index (χ2v) is 4.96. The van der Waals surface area contributed by atoms with Gasteiger partial charge in [-0.25, -0.2) is 0 Å². The molecule has 1 unspecified atom stereocenters. The van der Waals surface area contributed by atoms with Crippen LogP contribution >= 0.6 is 0 Å². The zero-order chi connectivity index (χ0) is 13.1. The number of nitrogens with zero attached hydrogens (tertiary/aromatic N) is 1. The van der Waals surface area contributed by atoms with Crippen molar-refractivity contribution in [3.63, 3.8) is 0 Å². The number of nitrogen functional groups attached to an aromatic ring is 1. The highest BCUT2D eigenvalue weighted by atomic mass is 16.3. The first-order valence-corrected chi connectivity index (χ1v) is 6.38. The lowest BCUT2D eigenvalue weighted by molar-refractivity contribution is 0.101. The number of benzene rings is 1. The third-order valence-electron chi connectivity index (χ3n) is 3.56. The van der Waals surface area contributed by atoms with Gasteiger partial charge in [0.05, 0.1) is 0 Å². The molecule has 4 heteroatoms. The summed E-state index contributed by atoms with van der Waals surface area (Å²) < 4.78 is 0. The lowest BCUT2D eigenvalue weighted by Gasteiger charge is -2.33. The van der Waals surface area contributed by atoms with E-state index in [9.17, 15) is 9.90 Å². The Hall–Kier alpha value is -1.55. The van der Waals surface area contributed by atoms with Crippen LogP contribution in [0.15, 0.2) is 18.2 Å². The molecule has 1 aromatic rings. The van der Waals surface area contributed by atoms with Crippen LogP contribution in [0.2, 0.25) is 0 Å². The van der Waals surface area contributed by atoms with E-state index in [1.807, 2.05) is 12.1 Å². The maximum absolute atomic E-state index is 11.5. The smallest absolute Gasteiger partial charge is 0.161 e. The molecule has 0 bridgehead atoms. The third-order valence-corrected chi connectivity index (χ3v) is 3.56. The minimum atomic E-state index is -0.00920. The minimum absolute atomic E-state index is 0.00920. The fraction of sp³-hybridized carbons (Fsp3) is 0.500. The number of piperidine rings is 1. The summed E-state index contributed by atoms with van der Waals surface area (Å²) in [7, 11) is 0. The van der Waals surface area contributed by atoms with Crippen molar-refractivity contribution in [3.8, 4) is 0 Å². The molecule has 0 amide bonds. The molecule has 0 radical (unpaired) electrons. The topological polar surface area (TPSA) is 66.6 Å². The molecular weight excluding hydrogens is 228 g/mol. The highest BCUT2D eigenvalue weighted by Gasteiger charge is 2.20. The van der Waals surface area contributed by atoms with Gasteiger partial charge in [-0.3, -0.25) is 4.79 Å². The van der Waals surface area contributed by atoms with Crippen molar-refractivity contribution >= 4 is 17.2 Å². The number of aliphatic hydroxyl groups is 1. The molecule has 1 heterocycles. The maximum atomic E-state index is 11.5. The molecule has 0 aromatic heterocycles. The molecule has 98 valence electrons. The Kier molecular flexibility index (Phi) is 3.87. The van der Waals surface area contributed by atoms with Crippen LogP contribution in [0.5, 0.6) is 0 Å². The van der Waals surface area contributed by atoms with Crippen molar-refractivity contribution in [1.82, 2.24) is 0 Å². The Labute approximate surface area is 107 Å². The summed E-state index contributed by atoms with van der Waals surface area (Å²) in [6.07, 6.45) is 2.15. The normalized spacial score (nSPS) is 19.9. The van der Waals surface area contributed by atoms with E-state index in [1.165, 1.54) is 6.92 Å². The molecule has 1 aliphatic heterocycles. The molecule has 0 aliphatic carbocycles. The molecular formula is C14H20N2O2. The van der Waals surface area contributed by atoms with E-state index in [0.717, 1.165) is 31.6 Å². The predicted octanol–water partition coefficient (Wildman–Crippen LogP) is 1.68. The number of carbonyl (C=O) groups excluding carboxylic acids is 1. The van der Waals surface area contributed by atoms with Crippen LogP contribution in [-0.4, -0.2) is 30.6 Å². The summed E-state index contributed by atoms with van der Waals surface area (Å²) >= 11 is 0. The zero-order valence-corrected chi connectivity index (χ0v) is 10.7. The number of anilines is 2. The van der Waals surface area contributed by atoms with E-state index in [2.05, 4.69) is 4.90 Å². The van der Waals surface area contributed by atoms with Gasteiger partial charge < -0.3 is 15.7 Å². The second-order valence-electron chi connectivity index (χ2n) is 4.96. The summed E-state index contributed by atoms with van der Waals surface area (Å²) in [6.45, 7) is 3.57. The quantitative estimate of drug-likeness (QED) is 0.631. The van der Waals surface area contributed by atoms with Crippen molar-refractivity contribution < 1.29 is 9.90 Å². The van der Waals surface area contributed by atoms with Gasteiger partial charge in [0.1, 0.15) is 0 Å². The van der Waals surface area contributed by atoms with Crippen LogP contribution < -0.4 is 10.6 Å². The first kappa shape index (κ1) is 12.9. The largest absolute Gasteiger partial charge is 0.398 e. The van der Waals surface area contributed by atoms with E-state index in [0.29, 0.717) is 17.2 Å². The Morgan fingerprint density at radius 1 is 1.56 bits per heavy atom. The number of hydrogen-bond acceptors (Lipinski definition) is 4. The predicted molar refractivity (Wildman–Crippen MR) is 72.9 cm³/mol. The first-order chi connectivity index (χ1) is 8.61. The van der Waals surface area contributed by atoms with Crippen LogP contribution in [-0.2, 0) is 0 Å². The zero-order valence-electron chi connectivity index (χ0n) is 10.7. The van der Waals surface area contributed by atoms with Gasteiger partial charge >= 0.3 is 0 Å². The van der Waals surface area contributed by atoms with Gasteiger partial charge in [0.2, 0.25) is 0 Å². The molecule has 1 fully saturated rings. The molecule has 1 atom stereocenters. The van der Waals surface area contributed by atoms with Crippen LogP contribution in [0, 0.1) is 5.92 Å². The Bertz CT molecular complexity index is 445. The van der Waals surface area contributed by atoms with Crippen molar-refractivity contribution in [2.24, 2.45) is 5.92 Å². The second kappa shape index (κ2) is 5.40. The van der Waals surface area contributed by atoms with E-state index in [-0.39, 0.29) is 12.4 Å². The molecule has 0 spiro atoms. The summed E-state index contributed by atoms with van der Waals surface area (Å²) in [5, 5.41) is 9.24. The van der Waals surface area contributed by atoms with Crippen molar-refractivity contribution in [3.05, 3.63) is 23.8 Å². The summed E-state index contributed by atoms with van der Waals surface area (Å²) in [4.78, 5) is 13.7.